The van der Waals surface area contributed by atoms with Gasteiger partial charge in [-0.3, -0.25) is 14.5 Å². The number of hydrogen-bond donors (Lipinski definition) is 2. The largest absolute Gasteiger partial charge is 0.352 e. The third-order valence-electron chi connectivity index (χ3n) is 6.96. The van der Waals surface area contributed by atoms with E-state index >= 15 is 0 Å². The fourth-order valence-corrected chi connectivity index (χ4v) is 4.52. The maximum atomic E-state index is 13.1. The molecule has 3 rings (SSSR count). The molecule has 1 aromatic rings. The zero-order chi connectivity index (χ0) is 22.3. The molecule has 0 bridgehead atoms. The Hall–Kier alpha value is -2.37. The number of benzene rings is 1. The van der Waals surface area contributed by atoms with Gasteiger partial charge in [0.1, 0.15) is 12.1 Å². The fraction of sp³-hybridized carbons (Fsp3) is 0.625. The molecule has 2 N–H and O–H groups in total. The summed E-state index contributed by atoms with van der Waals surface area (Å²) in [5, 5.41) is 5.83. The number of imide groups is 1. The number of carbonyl (C=O) groups is 3. The minimum Gasteiger partial charge on any atom is -0.352 e. The summed E-state index contributed by atoms with van der Waals surface area (Å²) in [6.45, 7) is 12.2. The van der Waals surface area contributed by atoms with Crippen LogP contribution in [0, 0.1) is 11.8 Å². The van der Waals surface area contributed by atoms with Crippen LogP contribution in [0.4, 0.5) is 4.79 Å². The Morgan fingerprint density at radius 2 is 1.80 bits per heavy atom. The topological polar surface area (TPSA) is 78.5 Å². The Balaban J connectivity index is 1.70. The van der Waals surface area contributed by atoms with Gasteiger partial charge in [0.15, 0.2) is 0 Å². The van der Waals surface area contributed by atoms with Gasteiger partial charge in [0.2, 0.25) is 5.91 Å². The molecule has 4 amide bonds. The van der Waals surface area contributed by atoms with E-state index < -0.39 is 17.5 Å². The minimum absolute atomic E-state index is 0.000243. The quantitative estimate of drug-likeness (QED) is 0.739. The third-order valence-corrected chi connectivity index (χ3v) is 6.96. The molecule has 2 aliphatic rings. The minimum atomic E-state index is -1.17. The van der Waals surface area contributed by atoms with Gasteiger partial charge in [0.05, 0.1) is 0 Å². The maximum Gasteiger partial charge on any atom is 0.325 e. The Morgan fingerprint density at radius 3 is 2.40 bits per heavy atom. The maximum absolute atomic E-state index is 13.1. The molecule has 0 spiro atoms. The molecule has 6 nitrogen and oxygen atoms in total. The number of hydrogen-bond acceptors (Lipinski definition) is 3. The van der Waals surface area contributed by atoms with Crippen LogP contribution in [0.15, 0.2) is 24.3 Å². The number of rotatable bonds is 4. The summed E-state index contributed by atoms with van der Waals surface area (Å²) < 4.78 is 0. The van der Waals surface area contributed by atoms with Crippen molar-refractivity contribution in [1.29, 1.82) is 0 Å². The molecule has 30 heavy (non-hydrogen) atoms. The standard InChI is InChI=1S/C24H35N3O3/c1-15-8-7-9-19(16(15)2)25-20(28)14-27-21(29)24(6,26-22(27)30)18-12-10-17(11-13-18)23(3,4)5/h10-13,15-16,19H,7-9,14H2,1-6H3,(H,25,28)(H,26,30). The van der Waals surface area contributed by atoms with Crippen molar-refractivity contribution < 1.29 is 14.4 Å². The number of amides is 4. The molecular formula is C24H35N3O3. The summed E-state index contributed by atoms with van der Waals surface area (Å²) in [5.41, 5.74) is 0.700. The van der Waals surface area contributed by atoms with Gasteiger partial charge in [-0.15, -0.1) is 0 Å². The second-order valence-corrected chi connectivity index (χ2v) is 10.2. The molecule has 164 valence electrons. The number of urea groups is 1. The van der Waals surface area contributed by atoms with Crippen LogP contribution < -0.4 is 10.6 Å². The third kappa shape index (κ3) is 4.23. The van der Waals surface area contributed by atoms with Crippen molar-refractivity contribution in [2.75, 3.05) is 6.54 Å². The van der Waals surface area contributed by atoms with E-state index in [0.717, 1.165) is 23.3 Å². The zero-order valence-corrected chi connectivity index (χ0v) is 19.0. The number of nitrogens with zero attached hydrogens (tertiary/aromatic N) is 1. The van der Waals surface area contributed by atoms with E-state index in [1.807, 2.05) is 24.3 Å². The van der Waals surface area contributed by atoms with Crippen molar-refractivity contribution in [3.8, 4) is 0 Å². The van der Waals surface area contributed by atoms with Crippen molar-refractivity contribution in [2.45, 2.75) is 77.8 Å². The van der Waals surface area contributed by atoms with Crippen LogP contribution in [0.1, 0.15) is 71.9 Å². The lowest BCUT2D eigenvalue weighted by Crippen LogP contribution is -2.48. The molecule has 1 heterocycles. The van der Waals surface area contributed by atoms with Crippen LogP contribution in [0.3, 0.4) is 0 Å². The highest BCUT2D eigenvalue weighted by atomic mass is 16.2. The first kappa shape index (κ1) is 22.3. The predicted octanol–water partition coefficient (Wildman–Crippen LogP) is 3.69. The van der Waals surface area contributed by atoms with Gasteiger partial charge >= 0.3 is 6.03 Å². The molecule has 6 heteroatoms. The molecule has 2 fully saturated rings. The van der Waals surface area contributed by atoms with Crippen molar-refractivity contribution in [1.82, 2.24) is 15.5 Å². The monoisotopic (exact) mass is 413 g/mol. The molecular weight excluding hydrogens is 378 g/mol. The summed E-state index contributed by atoms with van der Waals surface area (Å²) in [5.74, 6) is 0.269. The lowest BCUT2D eigenvalue weighted by atomic mass is 9.78. The highest BCUT2D eigenvalue weighted by molar-refractivity contribution is 6.09. The molecule has 0 aromatic heterocycles. The van der Waals surface area contributed by atoms with E-state index in [9.17, 15) is 14.4 Å². The molecule has 1 saturated carbocycles. The van der Waals surface area contributed by atoms with Crippen LogP contribution in [-0.2, 0) is 20.5 Å². The molecule has 4 unspecified atom stereocenters. The van der Waals surface area contributed by atoms with E-state index in [0.29, 0.717) is 17.4 Å². The van der Waals surface area contributed by atoms with Gasteiger partial charge in [-0.05, 0) is 41.7 Å². The number of carbonyl (C=O) groups excluding carboxylic acids is 3. The van der Waals surface area contributed by atoms with Crippen LogP contribution in [-0.4, -0.2) is 35.3 Å². The van der Waals surface area contributed by atoms with Crippen molar-refractivity contribution in [3.05, 3.63) is 35.4 Å². The van der Waals surface area contributed by atoms with E-state index in [1.165, 1.54) is 6.42 Å². The van der Waals surface area contributed by atoms with Crippen molar-refractivity contribution in [2.24, 2.45) is 11.8 Å². The van der Waals surface area contributed by atoms with E-state index in [2.05, 4.69) is 45.3 Å². The van der Waals surface area contributed by atoms with Gasteiger partial charge < -0.3 is 10.6 Å². The average molecular weight is 414 g/mol. The van der Waals surface area contributed by atoms with Gasteiger partial charge in [-0.1, -0.05) is 71.7 Å². The summed E-state index contributed by atoms with van der Waals surface area (Å²) >= 11 is 0. The molecule has 1 aliphatic heterocycles. The van der Waals surface area contributed by atoms with Gasteiger partial charge in [-0.25, -0.2) is 4.79 Å². The normalized spacial score (nSPS) is 29.7. The second kappa shape index (κ2) is 8.05. The SMILES string of the molecule is CC1CCCC(NC(=O)CN2C(=O)NC(C)(c3ccc(C(C)(C)C)cc3)C2=O)C1C. The lowest BCUT2D eigenvalue weighted by molar-refractivity contribution is -0.135. The zero-order valence-electron chi connectivity index (χ0n) is 19.0. The Labute approximate surface area is 179 Å². The fourth-order valence-electron chi connectivity index (χ4n) is 4.52. The van der Waals surface area contributed by atoms with E-state index in [4.69, 9.17) is 0 Å². The van der Waals surface area contributed by atoms with Crippen LogP contribution >= 0.6 is 0 Å². The Morgan fingerprint density at radius 1 is 1.17 bits per heavy atom. The average Bonchev–Trinajstić information content (AvgIpc) is 2.89. The van der Waals surface area contributed by atoms with E-state index in [1.54, 1.807) is 6.92 Å². The first-order valence-electron chi connectivity index (χ1n) is 11.0. The van der Waals surface area contributed by atoms with Crippen molar-refractivity contribution >= 4 is 17.8 Å². The van der Waals surface area contributed by atoms with Gasteiger partial charge in [-0.2, -0.15) is 0 Å². The van der Waals surface area contributed by atoms with Crippen LogP contribution in [0.5, 0.6) is 0 Å². The Kier molecular flexibility index (Phi) is 5.99. The van der Waals surface area contributed by atoms with Gasteiger partial charge in [0.25, 0.3) is 5.91 Å². The summed E-state index contributed by atoms with van der Waals surface area (Å²) in [6, 6.07) is 7.31. The molecule has 0 radical (unpaired) electrons. The summed E-state index contributed by atoms with van der Waals surface area (Å²) in [7, 11) is 0. The first-order valence-corrected chi connectivity index (χ1v) is 11.0. The summed E-state index contributed by atoms with van der Waals surface area (Å²) in [4.78, 5) is 39.3. The van der Waals surface area contributed by atoms with Crippen LogP contribution in [0.2, 0.25) is 0 Å². The van der Waals surface area contributed by atoms with E-state index in [-0.39, 0.29) is 23.9 Å². The highest BCUT2D eigenvalue weighted by Gasteiger charge is 2.49. The van der Waals surface area contributed by atoms with Gasteiger partial charge in [0, 0.05) is 6.04 Å². The molecule has 1 saturated heterocycles. The number of nitrogens with one attached hydrogen (secondary N) is 2. The predicted molar refractivity (Wildman–Crippen MR) is 117 cm³/mol. The molecule has 1 aromatic carbocycles. The van der Waals surface area contributed by atoms with Crippen LogP contribution in [0.25, 0.3) is 0 Å². The lowest BCUT2D eigenvalue weighted by Gasteiger charge is -2.34. The molecule has 4 atom stereocenters. The van der Waals surface area contributed by atoms with Crippen molar-refractivity contribution in [3.63, 3.8) is 0 Å². The highest BCUT2D eigenvalue weighted by Crippen LogP contribution is 2.32. The second-order valence-electron chi connectivity index (χ2n) is 10.2. The first-order chi connectivity index (χ1) is 13.9. The smallest absolute Gasteiger partial charge is 0.325 e. The molecule has 1 aliphatic carbocycles. The Bertz CT molecular complexity index is 827. The summed E-state index contributed by atoms with van der Waals surface area (Å²) in [6.07, 6.45) is 3.20.